The number of aromatic nitrogens is 4. The SMILES string of the molecule is CCOc1ccc(NC(=O)C(Cc2cccc(OC)c2OC)c2nn[nH]n2)cc1. The van der Waals surface area contributed by atoms with Gasteiger partial charge in [0.05, 0.1) is 20.8 Å². The van der Waals surface area contributed by atoms with Crippen molar-refractivity contribution in [2.45, 2.75) is 19.3 Å². The Kier molecular flexibility index (Phi) is 6.62. The molecule has 3 aromatic rings. The van der Waals surface area contributed by atoms with Crippen molar-refractivity contribution in [3.8, 4) is 17.2 Å². The van der Waals surface area contributed by atoms with Crippen LogP contribution in [-0.2, 0) is 11.2 Å². The predicted octanol–water partition coefficient (Wildman–Crippen LogP) is 2.58. The zero-order chi connectivity index (χ0) is 20.6. The van der Waals surface area contributed by atoms with Gasteiger partial charge < -0.3 is 19.5 Å². The van der Waals surface area contributed by atoms with Crippen LogP contribution in [0.3, 0.4) is 0 Å². The monoisotopic (exact) mass is 397 g/mol. The van der Waals surface area contributed by atoms with Crippen LogP contribution in [0.1, 0.15) is 24.2 Å². The number of amides is 1. The van der Waals surface area contributed by atoms with E-state index in [-0.39, 0.29) is 5.91 Å². The van der Waals surface area contributed by atoms with Gasteiger partial charge in [-0.1, -0.05) is 17.3 Å². The summed E-state index contributed by atoms with van der Waals surface area (Å²) in [5.41, 5.74) is 1.44. The molecule has 0 radical (unpaired) electrons. The van der Waals surface area contributed by atoms with Gasteiger partial charge in [0.1, 0.15) is 11.7 Å². The first-order valence-electron chi connectivity index (χ1n) is 9.13. The van der Waals surface area contributed by atoms with Gasteiger partial charge >= 0.3 is 0 Å². The summed E-state index contributed by atoms with van der Waals surface area (Å²) in [6.45, 7) is 2.49. The lowest BCUT2D eigenvalue weighted by Crippen LogP contribution is -2.24. The molecule has 1 unspecified atom stereocenters. The molecule has 0 bridgehead atoms. The highest BCUT2D eigenvalue weighted by molar-refractivity contribution is 5.95. The summed E-state index contributed by atoms with van der Waals surface area (Å²) < 4.78 is 16.3. The minimum absolute atomic E-state index is 0.263. The number of ether oxygens (including phenoxy) is 3. The number of rotatable bonds is 9. The number of benzene rings is 2. The average Bonchev–Trinajstić information content (AvgIpc) is 3.27. The lowest BCUT2D eigenvalue weighted by Gasteiger charge is -2.17. The zero-order valence-electron chi connectivity index (χ0n) is 16.5. The number of carbonyl (C=O) groups is 1. The Bertz CT molecular complexity index is 929. The summed E-state index contributed by atoms with van der Waals surface area (Å²) in [4.78, 5) is 13.0. The van der Waals surface area contributed by atoms with Crippen LogP contribution in [0.5, 0.6) is 17.2 Å². The van der Waals surface area contributed by atoms with E-state index in [9.17, 15) is 4.79 Å². The van der Waals surface area contributed by atoms with E-state index in [2.05, 4.69) is 25.9 Å². The van der Waals surface area contributed by atoms with Crippen LogP contribution in [-0.4, -0.2) is 47.4 Å². The highest BCUT2D eigenvalue weighted by Crippen LogP contribution is 2.34. The van der Waals surface area contributed by atoms with Gasteiger partial charge in [0.25, 0.3) is 0 Å². The van der Waals surface area contributed by atoms with Crippen LogP contribution in [0.4, 0.5) is 5.69 Å². The van der Waals surface area contributed by atoms with Gasteiger partial charge in [-0.25, -0.2) is 0 Å². The van der Waals surface area contributed by atoms with Gasteiger partial charge in [-0.15, -0.1) is 10.2 Å². The first kappa shape index (κ1) is 20.1. The maximum Gasteiger partial charge on any atom is 0.235 e. The third-order valence-electron chi connectivity index (χ3n) is 4.33. The van der Waals surface area contributed by atoms with Crippen molar-refractivity contribution in [1.82, 2.24) is 20.6 Å². The molecule has 1 aromatic heterocycles. The highest BCUT2D eigenvalue weighted by Gasteiger charge is 2.27. The van der Waals surface area contributed by atoms with Gasteiger partial charge in [-0.05, 0) is 49.2 Å². The van der Waals surface area contributed by atoms with Crippen LogP contribution in [0.25, 0.3) is 0 Å². The minimum atomic E-state index is -0.679. The van der Waals surface area contributed by atoms with Crippen molar-refractivity contribution in [3.63, 3.8) is 0 Å². The van der Waals surface area contributed by atoms with Crippen molar-refractivity contribution in [3.05, 3.63) is 53.9 Å². The van der Waals surface area contributed by atoms with E-state index in [4.69, 9.17) is 14.2 Å². The zero-order valence-corrected chi connectivity index (χ0v) is 16.5. The van der Waals surface area contributed by atoms with Crippen molar-refractivity contribution in [2.24, 2.45) is 0 Å². The van der Waals surface area contributed by atoms with Crippen LogP contribution in [0, 0.1) is 0 Å². The van der Waals surface area contributed by atoms with E-state index in [1.54, 1.807) is 44.6 Å². The highest BCUT2D eigenvalue weighted by atomic mass is 16.5. The second-order valence-electron chi connectivity index (χ2n) is 6.13. The van der Waals surface area contributed by atoms with E-state index in [0.717, 1.165) is 11.3 Å². The number of carbonyl (C=O) groups excluding carboxylic acids is 1. The standard InChI is InChI=1S/C20H23N5O4/c1-4-29-15-10-8-14(9-11-15)21-20(26)16(19-22-24-25-23-19)12-13-6-5-7-17(27-2)18(13)28-3/h5-11,16H,4,12H2,1-3H3,(H,21,26)(H,22,23,24,25). The first-order valence-corrected chi connectivity index (χ1v) is 9.13. The molecule has 3 rings (SSSR count). The van der Waals surface area contributed by atoms with Gasteiger partial charge in [0.15, 0.2) is 17.3 Å². The maximum absolute atomic E-state index is 13.0. The average molecular weight is 397 g/mol. The van der Waals surface area contributed by atoms with Crippen molar-refractivity contribution >= 4 is 11.6 Å². The number of nitrogens with one attached hydrogen (secondary N) is 2. The quantitative estimate of drug-likeness (QED) is 0.571. The second-order valence-corrected chi connectivity index (χ2v) is 6.13. The molecule has 29 heavy (non-hydrogen) atoms. The molecule has 0 aliphatic rings. The third kappa shape index (κ3) is 4.81. The summed E-state index contributed by atoms with van der Waals surface area (Å²) in [5, 5.41) is 16.9. The van der Waals surface area contributed by atoms with Crippen molar-refractivity contribution in [1.29, 1.82) is 0 Å². The molecule has 0 saturated carbocycles. The van der Waals surface area contributed by atoms with Crippen LogP contribution in [0.15, 0.2) is 42.5 Å². The number of hydrogen-bond acceptors (Lipinski definition) is 7. The number of anilines is 1. The largest absolute Gasteiger partial charge is 0.494 e. The summed E-state index contributed by atoms with van der Waals surface area (Å²) >= 11 is 0. The first-order chi connectivity index (χ1) is 14.2. The van der Waals surface area contributed by atoms with E-state index < -0.39 is 5.92 Å². The minimum Gasteiger partial charge on any atom is -0.494 e. The van der Waals surface area contributed by atoms with Gasteiger partial charge in [-0.3, -0.25) is 4.79 Å². The molecule has 2 N–H and O–H groups in total. The topological polar surface area (TPSA) is 111 Å². The molecular weight excluding hydrogens is 374 g/mol. The van der Waals surface area contributed by atoms with E-state index >= 15 is 0 Å². The Labute approximate surface area is 168 Å². The number of nitrogens with zero attached hydrogens (tertiary/aromatic N) is 3. The fourth-order valence-corrected chi connectivity index (χ4v) is 2.98. The lowest BCUT2D eigenvalue weighted by molar-refractivity contribution is -0.117. The molecule has 1 atom stereocenters. The molecule has 2 aromatic carbocycles. The molecule has 0 aliphatic carbocycles. The van der Waals surface area contributed by atoms with Gasteiger partial charge in [0.2, 0.25) is 5.91 Å². The molecule has 9 nitrogen and oxygen atoms in total. The number of H-pyrrole nitrogens is 1. The van der Waals surface area contributed by atoms with Crippen LogP contribution < -0.4 is 19.5 Å². The fourth-order valence-electron chi connectivity index (χ4n) is 2.98. The Morgan fingerprint density at radius 1 is 1.14 bits per heavy atom. The molecule has 0 fully saturated rings. The molecule has 0 aliphatic heterocycles. The second kappa shape index (κ2) is 9.54. The van der Waals surface area contributed by atoms with Gasteiger partial charge in [-0.2, -0.15) is 5.21 Å². The molecule has 1 heterocycles. The Morgan fingerprint density at radius 3 is 2.55 bits per heavy atom. The molecule has 9 heteroatoms. The summed E-state index contributed by atoms with van der Waals surface area (Å²) in [6, 6.07) is 12.7. The van der Waals surface area contributed by atoms with Crippen molar-refractivity contribution in [2.75, 3.05) is 26.1 Å². The number of methoxy groups -OCH3 is 2. The fraction of sp³-hybridized carbons (Fsp3) is 0.300. The maximum atomic E-state index is 13.0. The number of tetrazole rings is 1. The Morgan fingerprint density at radius 2 is 1.93 bits per heavy atom. The summed E-state index contributed by atoms with van der Waals surface area (Å²) in [6.07, 6.45) is 0.308. The van der Waals surface area contributed by atoms with E-state index in [1.807, 2.05) is 19.1 Å². The molecule has 0 saturated heterocycles. The summed E-state index contributed by atoms with van der Waals surface area (Å²) in [5.74, 6) is 1.24. The molecular formula is C20H23N5O4. The predicted molar refractivity (Wildman–Crippen MR) is 106 cm³/mol. The van der Waals surface area contributed by atoms with E-state index in [1.165, 1.54) is 0 Å². The number of aromatic amines is 1. The summed E-state index contributed by atoms with van der Waals surface area (Å²) in [7, 11) is 3.13. The molecule has 152 valence electrons. The van der Waals surface area contributed by atoms with Crippen LogP contribution in [0.2, 0.25) is 0 Å². The Balaban J connectivity index is 1.84. The van der Waals surface area contributed by atoms with Crippen molar-refractivity contribution < 1.29 is 19.0 Å². The van der Waals surface area contributed by atoms with Crippen LogP contribution >= 0.6 is 0 Å². The smallest absolute Gasteiger partial charge is 0.235 e. The van der Waals surface area contributed by atoms with E-state index in [0.29, 0.717) is 36.0 Å². The molecule has 1 amide bonds. The molecule has 0 spiro atoms. The number of para-hydroxylation sites is 1. The lowest BCUT2D eigenvalue weighted by atomic mass is 9.96. The number of hydrogen-bond donors (Lipinski definition) is 2. The van der Waals surface area contributed by atoms with Gasteiger partial charge in [0, 0.05) is 5.69 Å². The third-order valence-corrected chi connectivity index (χ3v) is 4.33. The normalized spacial score (nSPS) is 11.6. The Hall–Kier alpha value is -3.62.